The predicted octanol–water partition coefficient (Wildman–Crippen LogP) is 3.49. The maximum atomic E-state index is 12.3. The van der Waals surface area contributed by atoms with Crippen LogP contribution in [0.1, 0.15) is 34.5 Å². The number of benzene rings is 1. The van der Waals surface area contributed by atoms with E-state index >= 15 is 0 Å². The summed E-state index contributed by atoms with van der Waals surface area (Å²) in [5.74, 6) is 0.477. The number of carbonyl (C=O) groups excluding carboxylic acids is 2. The Balaban J connectivity index is 1.32. The van der Waals surface area contributed by atoms with Gasteiger partial charge < -0.3 is 4.90 Å². The summed E-state index contributed by atoms with van der Waals surface area (Å²) in [6.07, 6.45) is 2.91. The number of carbonyl (C=O) groups is 2. The highest BCUT2D eigenvalue weighted by Crippen LogP contribution is 2.13. The molecule has 1 amide bonds. The van der Waals surface area contributed by atoms with E-state index in [0.29, 0.717) is 12.8 Å². The quantitative estimate of drug-likeness (QED) is 0.668. The van der Waals surface area contributed by atoms with Gasteiger partial charge in [0.25, 0.3) is 0 Å². The summed E-state index contributed by atoms with van der Waals surface area (Å²) in [4.78, 5) is 30.1. The molecule has 0 spiro atoms. The van der Waals surface area contributed by atoms with Gasteiger partial charge in [-0.1, -0.05) is 36.4 Å². The first-order chi connectivity index (χ1) is 12.7. The highest BCUT2D eigenvalue weighted by atomic mass is 32.1. The number of hydrogen-bond donors (Lipinski definition) is 0. The lowest BCUT2D eigenvalue weighted by atomic mass is 10.1. The van der Waals surface area contributed by atoms with Crippen LogP contribution in [-0.4, -0.2) is 54.2 Å². The van der Waals surface area contributed by atoms with Crippen molar-refractivity contribution >= 4 is 23.0 Å². The molecule has 5 heteroatoms. The molecule has 0 N–H and O–H groups in total. The van der Waals surface area contributed by atoms with Crippen molar-refractivity contribution in [3.8, 4) is 0 Å². The lowest BCUT2D eigenvalue weighted by Crippen LogP contribution is -2.48. The Morgan fingerprint density at radius 1 is 0.923 bits per heavy atom. The SMILES string of the molecule is O=C(CCCN1CCN(C(=O)CCc2cccs2)CC1)c1ccccc1. The zero-order chi connectivity index (χ0) is 18.2. The molecule has 2 aromatic rings. The van der Waals surface area contributed by atoms with Crippen molar-refractivity contribution in [2.24, 2.45) is 0 Å². The van der Waals surface area contributed by atoms with Gasteiger partial charge in [-0.2, -0.15) is 0 Å². The van der Waals surface area contributed by atoms with E-state index in [4.69, 9.17) is 0 Å². The molecule has 1 saturated heterocycles. The van der Waals surface area contributed by atoms with Gasteiger partial charge in [-0.25, -0.2) is 0 Å². The summed E-state index contributed by atoms with van der Waals surface area (Å²) < 4.78 is 0. The standard InChI is InChI=1S/C21H26N2O2S/c24-20(18-6-2-1-3-7-18)9-4-12-22-13-15-23(16-14-22)21(25)11-10-19-8-5-17-26-19/h1-3,5-8,17H,4,9-16H2. The Labute approximate surface area is 159 Å². The van der Waals surface area contributed by atoms with Crippen LogP contribution in [0.15, 0.2) is 47.8 Å². The van der Waals surface area contributed by atoms with E-state index in [0.717, 1.165) is 51.1 Å². The van der Waals surface area contributed by atoms with Crippen LogP contribution in [0.25, 0.3) is 0 Å². The molecule has 1 aromatic heterocycles. The van der Waals surface area contributed by atoms with Gasteiger partial charge in [-0.05, 0) is 30.8 Å². The first-order valence-corrected chi connectivity index (χ1v) is 10.2. The van der Waals surface area contributed by atoms with Crippen LogP contribution in [0.3, 0.4) is 0 Å². The monoisotopic (exact) mass is 370 g/mol. The molecule has 0 unspecified atom stereocenters. The lowest BCUT2D eigenvalue weighted by molar-refractivity contribution is -0.132. The first-order valence-electron chi connectivity index (χ1n) is 9.33. The van der Waals surface area contributed by atoms with Crippen LogP contribution in [0, 0.1) is 0 Å². The molecule has 138 valence electrons. The fraction of sp³-hybridized carbons (Fsp3) is 0.429. The summed E-state index contributed by atoms with van der Waals surface area (Å²) in [6.45, 7) is 4.34. The van der Waals surface area contributed by atoms with E-state index in [1.165, 1.54) is 4.88 Å². The van der Waals surface area contributed by atoms with Gasteiger partial charge in [-0.3, -0.25) is 14.5 Å². The topological polar surface area (TPSA) is 40.6 Å². The summed E-state index contributed by atoms with van der Waals surface area (Å²) in [7, 11) is 0. The molecule has 3 rings (SSSR count). The van der Waals surface area contributed by atoms with E-state index in [-0.39, 0.29) is 11.7 Å². The van der Waals surface area contributed by atoms with Crippen molar-refractivity contribution in [3.63, 3.8) is 0 Å². The maximum absolute atomic E-state index is 12.3. The molecule has 0 bridgehead atoms. The number of nitrogens with zero attached hydrogens (tertiary/aromatic N) is 2. The smallest absolute Gasteiger partial charge is 0.223 e. The number of piperazine rings is 1. The molecule has 0 saturated carbocycles. The number of hydrogen-bond acceptors (Lipinski definition) is 4. The van der Waals surface area contributed by atoms with Gasteiger partial charge >= 0.3 is 0 Å². The molecule has 1 aliphatic heterocycles. The van der Waals surface area contributed by atoms with E-state index in [1.807, 2.05) is 41.3 Å². The van der Waals surface area contributed by atoms with Crippen LogP contribution in [0.4, 0.5) is 0 Å². The predicted molar refractivity (Wildman–Crippen MR) is 106 cm³/mol. The minimum Gasteiger partial charge on any atom is -0.340 e. The Morgan fingerprint density at radius 3 is 2.38 bits per heavy atom. The van der Waals surface area contributed by atoms with E-state index < -0.39 is 0 Å². The second kappa shape index (κ2) is 9.64. The normalized spacial score (nSPS) is 15.2. The fourth-order valence-corrected chi connectivity index (χ4v) is 4.00. The Hall–Kier alpha value is -1.98. The summed E-state index contributed by atoms with van der Waals surface area (Å²) >= 11 is 1.72. The molecule has 1 aromatic carbocycles. The second-order valence-electron chi connectivity index (χ2n) is 6.69. The highest BCUT2D eigenvalue weighted by Gasteiger charge is 2.20. The van der Waals surface area contributed by atoms with Crippen molar-refractivity contribution in [1.82, 2.24) is 9.80 Å². The number of aryl methyl sites for hydroxylation is 1. The Bertz CT molecular complexity index is 692. The number of amides is 1. The van der Waals surface area contributed by atoms with Crippen LogP contribution in [-0.2, 0) is 11.2 Å². The molecule has 0 aliphatic carbocycles. The van der Waals surface area contributed by atoms with Gasteiger partial charge in [0.2, 0.25) is 5.91 Å². The summed E-state index contributed by atoms with van der Waals surface area (Å²) in [5, 5.41) is 2.06. The number of Topliss-reactive ketones (excluding diaryl/α,β-unsaturated/α-hetero) is 1. The van der Waals surface area contributed by atoms with Crippen molar-refractivity contribution < 1.29 is 9.59 Å². The van der Waals surface area contributed by atoms with Gasteiger partial charge in [0.15, 0.2) is 5.78 Å². The molecule has 0 radical (unpaired) electrons. The second-order valence-corrected chi connectivity index (χ2v) is 7.73. The Morgan fingerprint density at radius 2 is 1.69 bits per heavy atom. The van der Waals surface area contributed by atoms with Gasteiger partial charge in [0.05, 0.1) is 0 Å². The number of thiophene rings is 1. The van der Waals surface area contributed by atoms with Crippen LogP contribution in [0.2, 0.25) is 0 Å². The van der Waals surface area contributed by atoms with Gasteiger partial charge in [0, 0.05) is 49.5 Å². The van der Waals surface area contributed by atoms with Crippen molar-refractivity contribution in [1.29, 1.82) is 0 Å². The maximum Gasteiger partial charge on any atom is 0.223 e. The van der Waals surface area contributed by atoms with E-state index in [9.17, 15) is 9.59 Å². The third kappa shape index (κ3) is 5.51. The third-order valence-electron chi connectivity index (χ3n) is 4.86. The zero-order valence-electron chi connectivity index (χ0n) is 15.1. The first kappa shape index (κ1) is 18.8. The average Bonchev–Trinajstić information content (AvgIpc) is 3.21. The van der Waals surface area contributed by atoms with Crippen LogP contribution < -0.4 is 0 Å². The van der Waals surface area contributed by atoms with E-state index in [1.54, 1.807) is 11.3 Å². The largest absolute Gasteiger partial charge is 0.340 e. The molecular formula is C21H26N2O2S. The molecule has 0 atom stereocenters. The lowest BCUT2D eigenvalue weighted by Gasteiger charge is -2.34. The molecule has 4 nitrogen and oxygen atoms in total. The summed E-state index contributed by atoms with van der Waals surface area (Å²) in [5.41, 5.74) is 0.800. The molecule has 2 heterocycles. The van der Waals surface area contributed by atoms with Crippen molar-refractivity contribution in [2.45, 2.75) is 25.7 Å². The third-order valence-corrected chi connectivity index (χ3v) is 5.80. The number of ketones is 1. The summed E-state index contributed by atoms with van der Waals surface area (Å²) in [6, 6.07) is 13.6. The van der Waals surface area contributed by atoms with Gasteiger partial charge in [0.1, 0.15) is 0 Å². The minimum atomic E-state index is 0.216. The molecule has 1 aliphatic rings. The van der Waals surface area contributed by atoms with Gasteiger partial charge in [-0.15, -0.1) is 11.3 Å². The average molecular weight is 371 g/mol. The zero-order valence-corrected chi connectivity index (χ0v) is 15.9. The Kier molecular flexibility index (Phi) is 6.97. The van der Waals surface area contributed by atoms with Crippen molar-refractivity contribution in [3.05, 3.63) is 58.3 Å². The molecule has 26 heavy (non-hydrogen) atoms. The highest BCUT2D eigenvalue weighted by molar-refractivity contribution is 7.09. The fourth-order valence-electron chi connectivity index (χ4n) is 3.30. The number of rotatable bonds is 8. The minimum absolute atomic E-state index is 0.216. The van der Waals surface area contributed by atoms with Crippen LogP contribution in [0.5, 0.6) is 0 Å². The van der Waals surface area contributed by atoms with Crippen LogP contribution >= 0.6 is 11.3 Å². The van der Waals surface area contributed by atoms with E-state index in [2.05, 4.69) is 16.3 Å². The molecular weight excluding hydrogens is 344 g/mol. The molecule has 1 fully saturated rings. The van der Waals surface area contributed by atoms with Crippen molar-refractivity contribution in [2.75, 3.05) is 32.7 Å².